The third kappa shape index (κ3) is 4.09. The average Bonchev–Trinajstić information content (AvgIpc) is 2.99. The van der Waals surface area contributed by atoms with Gasteiger partial charge in [-0.3, -0.25) is 0 Å². The lowest BCUT2D eigenvalue weighted by Gasteiger charge is -2.11. The van der Waals surface area contributed by atoms with Gasteiger partial charge in [0.15, 0.2) is 5.69 Å². The Balaban J connectivity index is 1.75. The predicted molar refractivity (Wildman–Crippen MR) is 112 cm³/mol. The molecule has 0 saturated carbocycles. The molecule has 8 heteroatoms. The third-order valence-corrected chi connectivity index (χ3v) is 5.13. The number of nitrogens with zero attached hydrogens (tertiary/aromatic N) is 3. The fourth-order valence-corrected chi connectivity index (χ4v) is 3.44. The maximum atomic E-state index is 13.0. The summed E-state index contributed by atoms with van der Waals surface area (Å²) in [6, 6.07) is 19.4. The number of rotatable bonds is 4. The quantitative estimate of drug-likeness (QED) is 0.305. The Labute approximate surface area is 178 Å². The van der Waals surface area contributed by atoms with E-state index in [9.17, 15) is 18.3 Å². The molecule has 0 fully saturated rings. The summed E-state index contributed by atoms with van der Waals surface area (Å²) in [6.07, 6.45) is -4.43. The van der Waals surface area contributed by atoms with Crippen molar-refractivity contribution in [1.29, 1.82) is 0 Å². The van der Waals surface area contributed by atoms with E-state index in [0.29, 0.717) is 22.2 Å². The van der Waals surface area contributed by atoms with Gasteiger partial charge in [0.05, 0.1) is 23.3 Å². The van der Waals surface area contributed by atoms with Crippen molar-refractivity contribution in [2.24, 2.45) is 10.2 Å². The summed E-state index contributed by atoms with van der Waals surface area (Å²) in [5.41, 5.74) is 1.20. The topological polar surface area (TPSA) is 49.9 Å². The van der Waals surface area contributed by atoms with Gasteiger partial charge in [-0.05, 0) is 48.0 Å². The van der Waals surface area contributed by atoms with E-state index >= 15 is 0 Å². The lowest BCUT2D eigenvalue weighted by molar-refractivity contribution is -0.137. The van der Waals surface area contributed by atoms with Crippen molar-refractivity contribution in [3.8, 4) is 5.88 Å². The van der Waals surface area contributed by atoms with Crippen molar-refractivity contribution in [1.82, 2.24) is 4.57 Å². The fraction of sp³-hybridized carbons (Fsp3) is 0.0909. The monoisotopic (exact) mass is 473 g/mol. The Hall–Kier alpha value is -3.13. The predicted octanol–water partition coefficient (Wildman–Crippen LogP) is 7.59. The highest BCUT2D eigenvalue weighted by Crippen LogP contribution is 2.40. The van der Waals surface area contributed by atoms with E-state index in [-0.39, 0.29) is 18.1 Å². The Morgan fingerprint density at radius 2 is 1.63 bits per heavy atom. The van der Waals surface area contributed by atoms with Gasteiger partial charge in [0.1, 0.15) is 0 Å². The number of aromatic hydroxyl groups is 1. The smallest absolute Gasteiger partial charge is 0.416 e. The number of para-hydroxylation sites is 1. The second-order valence-corrected chi connectivity index (χ2v) is 7.57. The van der Waals surface area contributed by atoms with Gasteiger partial charge >= 0.3 is 6.18 Å². The molecule has 0 saturated heterocycles. The van der Waals surface area contributed by atoms with Crippen LogP contribution in [0.15, 0.2) is 87.5 Å². The highest BCUT2D eigenvalue weighted by molar-refractivity contribution is 9.10. The van der Waals surface area contributed by atoms with Crippen LogP contribution < -0.4 is 0 Å². The van der Waals surface area contributed by atoms with Crippen LogP contribution in [0, 0.1) is 0 Å². The minimum atomic E-state index is -4.43. The standard InChI is InChI=1S/C22H15BrF3N3O/c23-16-8-10-17(11-9-16)27-28-20-18-6-1-2-7-19(18)29(21(20)30)13-14-4-3-5-15(12-14)22(24,25)26/h1-12,30H,13H2. The Kier molecular flexibility index (Phi) is 5.34. The first-order valence-corrected chi connectivity index (χ1v) is 9.76. The van der Waals surface area contributed by atoms with Crippen LogP contribution in [0.5, 0.6) is 5.88 Å². The molecule has 0 unspecified atom stereocenters. The summed E-state index contributed by atoms with van der Waals surface area (Å²) < 4.78 is 41.6. The maximum Gasteiger partial charge on any atom is 0.416 e. The number of hydrogen-bond acceptors (Lipinski definition) is 3. The van der Waals surface area contributed by atoms with E-state index in [4.69, 9.17) is 0 Å². The molecule has 0 amide bonds. The summed E-state index contributed by atoms with van der Waals surface area (Å²) >= 11 is 3.35. The molecule has 0 atom stereocenters. The van der Waals surface area contributed by atoms with Gasteiger partial charge in [-0.1, -0.05) is 46.3 Å². The first-order chi connectivity index (χ1) is 14.3. The lowest BCUT2D eigenvalue weighted by atomic mass is 10.1. The lowest BCUT2D eigenvalue weighted by Crippen LogP contribution is -2.06. The number of halogens is 4. The SMILES string of the molecule is Oc1c(N=Nc2ccc(Br)cc2)c2ccccc2n1Cc1cccc(C(F)(F)F)c1. The zero-order chi connectivity index (χ0) is 21.3. The zero-order valence-electron chi connectivity index (χ0n) is 15.4. The van der Waals surface area contributed by atoms with Crippen LogP contribution in [-0.4, -0.2) is 9.67 Å². The van der Waals surface area contributed by atoms with Crippen LogP contribution in [0.25, 0.3) is 10.9 Å². The fourth-order valence-electron chi connectivity index (χ4n) is 3.17. The highest BCUT2D eigenvalue weighted by Gasteiger charge is 2.30. The van der Waals surface area contributed by atoms with Gasteiger partial charge in [-0.25, -0.2) is 0 Å². The first kappa shape index (κ1) is 20.2. The van der Waals surface area contributed by atoms with Gasteiger partial charge in [0.25, 0.3) is 0 Å². The molecular weight excluding hydrogens is 459 g/mol. The summed E-state index contributed by atoms with van der Waals surface area (Å²) in [4.78, 5) is 0. The first-order valence-electron chi connectivity index (χ1n) is 8.96. The number of fused-ring (bicyclic) bond motifs is 1. The van der Waals surface area contributed by atoms with Crippen molar-refractivity contribution in [3.63, 3.8) is 0 Å². The van der Waals surface area contributed by atoms with Gasteiger partial charge in [0.2, 0.25) is 5.88 Å². The van der Waals surface area contributed by atoms with Gasteiger partial charge in [-0.2, -0.15) is 18.3 Å². The van der Waals surface area contributed by atoms with Crippen molar-refractivity contribution in [2.45, 2.75) is 12.7 Å². The Morgan fingerprint density at radius 1 is 0.900 bits per heavy atom. The van der Waals surface area contributed by atoms with E-state index in [0.717, 1.165) is 16.6 Å². The van der Waals surface area contributed by atoms with Crippen molar-refractivity contribution in [3.05, 3.63) is 88.4 Å². The molecule has 0 aliphatic heterocycles. The zero-order valence-corrected chi connectivity index (χ0v) is 17.0. The Bertz CT molecular complexity index is 1230. The molecule has 0 aliphatic rings. The number of benzene rings is 3. The normalized spacial score (nSPS) is 12.1. The molecule has 0 radical (unpaired) electrons. The van der Waals surface area contributed by atoms with E-state index in [1.165, 1.54) is 10.6 Å². The van der Waals surface area contributed by atoms with Crippen LogP contribution in [0.3, 0.4) is 0 Å². The van der Waals surface area contributed by atoms with Gasteiger partial charge < -0.3 is 9.67 Å². The number of azo groups is 1. The molecule has 30 heavy (non-hydrogen) atoms. The van der Waals surface area contributed by atoms with Crippen LogP contribution in [-0.2, 0) is 12.7 Å². The second-order valence-electron chi connectivity index (χ2n) is 6.65. The minimum Gasteiger partial charge on any atom is -0.493 e. The summed E-state index contributed by atoms with van der Waals surface area (Å²) in [6.45, 7) is 0.0596. The molecule has 1 heterocycles. The molecule has 0 aliphatic carbocycles. The Morgan fingerprint density at radius 3 is 2.37 bits per heavy atom. The average molecular weight is 474 g/mol. The molecule has 4 nitrogen and oxygen atoms in total. The van der Waals surface area contributed by atoms with Gasteiger partial charge in [0, 0.05) is 9.86 Å². The molecule has 0 bridgehead atoms. The maximum absolute atomic E-state index is 13.0. The highest BCUT2D eigenvalue weighted by atomic mass is 79.9. The molecule has 1 N–H and O–H groups in total. The van der Waals surface area contributed by atoms with E-state index in [1.807, 2.05) is 12.1 Å². The van der Waals surface area contributed by atoms with Crippen molar-refractivity contribution >= 4 is 38.2 Å². The molecule has 152 valence electrons. The number of aromatic nitrogens is 1. The summed E-state index contributed by atoms with van der Waals surface area (Å²) in [7, 11) is 0. The van der Waals surface area contributed by atoms with Crippen molar-refractivity contribution < 1.29 is 18.3 Å². The molecule has 3 aromatic carbocycles. The minimum absolute atomic E-state index is 0.0596. The number of alkyl halides is 3. The number of hydrogen-bond donors (Lipinski definition) is 1. The van der Waals surface area contributed by atoms with Crippen LogP contribution in [0.2, 0.25) is 0 Å². The van der Waals surface area contributed by atoms with Crippen LogP contribution in [0.4, 0.5) is 24.5 Å². The van der Waals surface area contributed by atoms with Crippen LogP contribution >= 0.6 is 15.9 Å². The summed E-state index contributed by atoms with van der Waals surface area (Å²) in [5.74, 6) is -0.158. The van der Waals surface area contributed by atoms with E-state index in [1.54, 1.807) is 42.5 Å². The molecule has 4 rings (SSSR count). The van der Waals surface area contributed by atoms with E-state index < -0.39 is 11.7 Å². The van der Waals surface area contributed by atoms with Gasteiger partial charge in [-0.15, -0.1) is 5.11 Å². The molecular formula is C22H15BrF3N3O. The molecule has 4 aromatic rings. The molecule has 1 aromatic heterocycles. The van der Waals surface area contributed by atoms with Crippen LogP contribution in [0.1, 0.15) is 11.1 Å². The second kappa shape index (κ2) is 7.95. The third-order valence-electron chi connectivity index (χ3n) is 4.60. The molecule has 0 spiro atoms. The largest absolute Gasteiger partial charge is 0.493 e. The summed E-state index contributed by atoms with van der Waals surface area (Å²) in [5, 5.41) is 19.8. The van der Waals surface area contributed by atoms with E-state index in [2.05, 4.69) is 26.2 Å². The van der Waals surface area contributed by atoms with Crippen molar-refractivity contribution in [2.75, 3.05) is 0 Å².